The van der Waals surface area contributed by atoms with Crippen molar-refractivity contribution < 1.29 is 18.0 Å². The average molecular weight is 504 g/mol. The molecule has 174 valence electrons. The zero-order chi connectivity index (χ0) is 24.5. The Balaban J connectivity index is 1.66. The number of alkyl halides is 3. The molecule has 1 aromatic heterocycles. The minimum atomic E-state index is -4.52. The molecule has 4 aromatic rings. The molecule has 1 amide bonds. The summed E-state index contributed by atoms with van der Waals surface area (Å²) in [6.07, 6.45) is -4.52. The second-order valence-electron chi connectivity index (χ2n) is 7.35. The van der Waals surface area contributed by atoms with Crippen LogP contribution in [0.2, 0.25) is 5.02 Å². The van der Waals surface area contributed by atoms with Crippen LogP contribution >= 0.6 is 23.4 Å². The normalized spacial score (nSPS) is 11.6. The molecule has 0 saturated heterocycles. The fraction of sp³-hybridized carbons (Fsp3) is 0.125. The van der Waals surface area contributed by atoms with Crippen LogP contribution in [0, 0.1) is 6.92 Å². The molecule has 3 aromatic carbocycles. The van der Waals surface area contributed by atoms with E-state index in [0.29, 0.717) is 27.2 Å². The van der Waals surface area contributed by atoms with Crippen molar-refractivity contribution in [2.45, 2.75) is 18.3 Å². The van der Waals surface area contributed by atoms with Crippen molar-refractivity contribution in [1.82, 2.24) is 9.55 Å². The number of nitrogens with zero attached hydrogens (tertiary/aromatic N) is 2. The van der Waals surface area contributed by atoms with Crippen molar-refractivity contribution in [3.05, 3.63) is 93.2 Å². The zero-order valence-electron chi connectivity index (χ0n) is 17.7. The Morgan fingerprint density at radius 1 is 1.09 bits per heavy atom. The fourth-order valence-electron chi connectivity index (χ4n) is 3.36. The van der Waals surface area contributed by atoms with E-state index in [9.17, 15) is 22.8 Å². The number of benzene rings is 3. The van der Waals surface area contributed by atoms with Gasteiger partial charge >= 0.3 is 6.18 Å². The number of hydrogen-bond acceptors (Lipinski definition) is 4. The van der Waals surface area contributed by atoms with Gasteiger partial charge in [-0.3, -0.25) is 14.2 Å². The Bertz CT molecular complexity index is 1450. The molecule has 1 N–H and O–H groups in total. The molecule has 0 radical (unpaired) electrons. The number of fused-ring (bicyclic) bond motifs is 1. The maximum Gasteiger partial charge on any atom is 0.416 e. The third-order valence-corrected chi connectivity index (χ3v) is 6.38. The number of nitrogens with one attached hydrogen (secondary N) is 1. The lowest BCUT2D eigenvalue weighted by atomic mass is 10.2. The third kappa shape index (κ3) is 4.95. The first-order valence-corrected chi connectivity index (χ1v) is 11.4. The van der Waals surface area contributed by atoms with E-state index in [-0.39, 0.29) is 22.2 Å². The molecule has 10 heteroatoms. The maximum absolute atomic E-state index is 13.3. The molecule has 0 unspecified atom stereocenters. The van der Waals surface area contributed by atoms with Gasteiger partial charge in [0.15, 0.2) is 5.16 Å². The van der Waals surface area contributed by atoms with Gasteiger partial charge in [-0.25, -0.2) is 4.98 Å². The maximum atomic E-state index is 13.3. The highest BCUT2D eigenvalue weighted by Crippen LogP contribution is 2.31. The summed E-state index contributed by atoms with van der Waals surface area (Å²) in [4.78, 5) is 30.4. The summed E-state index contributed by atoms with van der Waals surface area (Å²) >= 11 is 7.26. The number of thioether (sulfide) groups is 1. The summed E-state index contributed by atoms with van der Waals surface area (Å²) in [5.74, 6) is -0.721. The lowest BCUT2D eigenvalue weighted by Gasteiger charge is -2.16. The molecule has 0 spiro atoms. The highest BCUT2D eigenvalue weighted by molar-refractivity contribution is 7.99. The molecule has 1 heterocycles. The van der Waals surface area contributed by atoms with E-state index < -0.39 is 17.6 Å². The first-order valence-electron chi connectivity index (χ1n) is 10.0. The molecule has 0 atom stereocenters. The van der Waals surface area contributed by atoms with Gasteiger partial charge in [0.25, 0.3) is 5.56 Å². The number of anilines is 1. The van der Waals surface area contributed by atoms with Gasteiger partial charge in [-0.1, -0.05) is 47.6 Å². The van der Waals surface area contributed by atoms with Gasteiger partial charge in [0, 0.05) is 10.7 Å². The van der Waals surface area contributed by atoms with E-state index in [1.165, 1.54) is 16.7 Å². The van der Waals surface area contributed by atoms with Crippen molar-refractivity contribution in [2.75, 3.05) is 11.1 Å². The monoisotopic (exact) mass is 503 g/mol. The molecule has 0 saturated carbocycles. The largest absolute Gasteiger partial charge is 0.416 e. The van der Waals surface area contributed by atoms with E-state index in [0.717, 1.165) is 23.9 Å². The molecule has 0 fully saturated rings. The van der Waals surface area contributed by atoms with Crippen LogP contribution in [0.1, 0.15) is 11.1 Å². The predicted octanol–water partition coefficient (Wildman–Crippen LogP) is 6.10. The molecule has 34 heavy (non-hydrogen) atoms. The molecule has 0 aliphatic rings. The standard InChI is InChI=1S/C24H17ClF3N3O2S/c1-14-18(25)9-5-11-20(14)31-22(33)17-8-2-3-10-19(17)30-23(31)34-13-21(32)29-16-7-4-6-15(12-16)24(26,27)28/h2-12H,13H2,1H3,(H,29,32). The first-order chi connectivity index (χ1) is 16.1. The van der Waals surface area contributed by atoms with Crippen LogP contribution in [-0.2, 0) is 11.0 Å². The lowest BCUT2D eigenvalue weighted by Crippen LogP contribution is -2.23. The van der Waals surface area contributed by atoms with Gasteiger partial charge in [-0.2, -0.15) is 13.2 Å². The fourth-order valence-corrected chi connectivity index (χ4v) is 4.34. The summed E-state index contributed by atoms with van der Waals surface area (Å²) < 4.78 is 40.2. The number of hydrogen-bond donors (Lipinski definition) is 1. The summed E-state index contributed by atoms with van der Waals surface area (Å²) in [6, 6.07) is 16.4. The molecular formula is C24H17ClF3N3O2S. The van der Waals surface area contributed by atoms with Crippen molar-refractivity contribution in [1.29, 1.82) is 0 Å². The van der Waals surface area contributed by atoms with Crippen LogP contribution in [0.15, 0.2) is 76.7 Å². The molecule has 4 rings (SSSR count). The van der Waals surface area contributed by atoms with Gasteiger partial charge in [0.05, 0.1) is 27.9 Å². The minimum absolute atomic E-state index is 0.0231. The zero-order valence-corrected chi connectivity index (χ0v) is 19.3. The Morgan fingerprint density at radius 3 is 2.59 bits per heavy atom. The Labute approximate surface area is 201 Å². The number of carbonyl (C=O) groups is 1. The lowest BCUT2D eigenvalue weighted by molar-refractivity contribution is -0.137. The average Bonchev–Trinajstić information content (AvgIpc) is 2.80. The molecule has 0 bridgehead atoms. The highest BCUT2D eigenvalue weighted by atomic mass is 35.5. The van der Waals surface area contributed by atoms with Gasteiger partial charge < -0.3 is 5.32 Å². The Kier molecular flexibility index (Phi) is 6.67. The van der Waals surface area contributed by atoms with Crippen molar-refractivity contribution in [2.24, 2.45) is 0 Å². The molecule has 5 nitrogen and oxygen atoms in total. The van der Waals surface area contributed by atoms with Gasteiger partial charge in [-0.15, -0.1) is 0 Å². The number of rotatable bonds is 5. The van der Waals surface area contributed by atoms with E-state index in [1.807, 2.05) is 0 Å². The summed E-state index contributed by atoms with van der Waals surface area (Å²) in [6.45, 7) is 1.77. The van der Waals surface area contributed by atoms with Crippen LogP contribution in [0.4, 0.5) is 18.9 Å². The molecule has 0 aliphatic carbocycles. The molecular weight excluding hydrogens is 487 g/mol. The van der Waals surface area contributed by atoms with Crippen LogP contribution in [-0.4, -0.2) is 21.2 Å². The number of aromatic nitrogens is 2. The summed E-state index contributed by atoms with van der Waals surface area (Å²) in [7, 11) is 0. The van der Waals surface area contributed by atoms with Gasteiger partial charge in [-0.05, 0) is 55.0 Å². The number of carbonyl (C=O) groups excluding carboxylic acids is 1. The van der Waals surface area contributed by atoms with Crippen LogP contribution in [0.25, 0.3) is 16.6 Å². The van der Waals surface area contributed by atoms with E-state index >= 15 is 0 Å². The third-order valence-electron chi connectivity index (χ3n) is 5.03. The first kappa shape index (κ1) is 23.8. The number of halogens is 4. The quantitative estimate of drug-likeness (QED) is 0.264. The highest BCUT2D eigenvalue weighted by Gasteiger charge is 2.30. The van der Waals surface area contributed by atoms with Gasteiger partial charge in [0.2, 0.25) is 5.91 Å². The Hall–Kier alpha value is -3.30. The van der Waals surface area contributed by atoms with Crippen LogP contribution in [0.3, 0.4) is 0 Å². The minimum Gasteiger partial charge on any atom is -0.325 e. The SMILES string of the molecule is Cc1c(Cl)cccc1-n1c(SCC(=O)Nc2cccc(C(F)(F)F)c2)nc2ccccc2c1=O. The van der Waals surface area contributed by atoms with E-state index in [1.54, 1.807) is 49.4 Å². The second kappa shape index (κ2) is 9.52. The van der Waals surface area contributed by atoms with Gasteiger partial charge in [0.1, 0.15) is 0 Å². The molecule has 0 aliphatic heterocycles. The number of para-hydroxylation sites is 1. The summed E-state index contributed by atoms with van der Waals surface area (Å²) in [5.41, 5.74) is 0.491. The Morgan fingerprint density at radius 2 is 1.82 bits per heavy atom. The van der Waals surface area contributed by atoms with Crippen molar-refractivity contribution in [3.8, 4) is 5.69 Å². The van der Waals surface area contributed by atoms with E-state index in [4.69, 9.17) is 11.6 Å². The van der Waals surface area contributed by atoms with Crippen molar-refractivity contribution in [3.63, 3.8) is 0 Å². The van der Waals surface area contributed by atoms with E-state index in [2.05, 4.69) is 10.3 Å². The second-order valence-corrected chi connectivity index (χ2v) is 8.70. The number of amides is 1. The smallest absolute Gasteiger partial charge is 0.325 e. The predicted molar refractivity (Wildman–Crippen MR) is 128 cm³/mol. The van der Waals surface area contributed by atoms with Crippen molar-refractivity contribution >= 4 is 45.9 Å². The summed E-state index contributed by atoms with van der Waals surface area (Å²) in [5, 5.41) is 3.59. The van der Waals surface area contributed by atoms with Crippen LogP contribution in [0.5, 0.6) is 0 Å². The topological polar surface area (TPSA) is 64.0 Å². The van der Waals surface area contributed by atoms with Crippen LogP contribution < -0.4 is 10.9 Å².